The van der Waals surface area contributed by atoms with Crippen molar-refractivity contribution in [2.24, 2.45) is 0 Å². The number of hydrogen-bond acceptors (Lipinski definition) is 6. The van der Waals surface area contributed by atoms with Crippen molar-refractivity contribution in [1.82, 2.24) is 14.9 Å². The lowest BCUT2D eigenvalue weighted by molar-refractivity contribution is 0.0965. The summed E-state index contributed by atoms with van der Waals surface area (Å²) in [6.45, 7) is 1.90. The second-order valence-corrected chi connectivity index (χ2v) is 7.91. The Labute approximate surface area is 172 Å². The molecule has 0 radical (unpaired) electrons. The van der Waals surface area contributed by atoms with Crippen LogP contribution in [0.25, 0.3) is 10.2 Å². The first-order valence-electron chi connectivity index (χ1n) is 9.61. The molecular formula is C21H21N5O2S. The van der Waals surface area contributed by atoms with E-state index >= 15 is 0 Å². The minimum Gasteiger partial charge on any atom is -0.355 e. The Morgan fingerprint density at radius 3 is 2.76 bits per heavy atom. The van der Waals surface area contributed by atoms with E-state index in [4.69, 9.17) is 4.98 Å². The van der Waals surface area contributed by atoms with E-state index in [0.29, 0.717) is 27.3 Å². The zero-order valence-corrected chi connectivity index (χ0v) is 17.0. The molecular weight excluding hydrogens is 386 g/mol. The van der Waals surface area contributed by atoms with Gasteiger partial charge in [0.05, 0.1) is 23.7 Å². The van der Waals surface area contributed by atoms with E-state index in [1.807, 2.05) is 18.2 Å². The second-order valence-electron chi connectivity index (χ2n) is 7.03. The Balaban J connectivity index is 1.92. The normalized spacial score (nSPS) is 14.0. The van der Waals surface area contributed by atoms with Crippen molar-refractivity contribution < 1.29 is 4.79 Å². The number of benzene rings is 1. The lowest BCUT2D eigenvalue weighted by Crippen LogP contribution is -2.36. The molecule has 0 unspecified atom stereocenters. The number of hydrogen-bond donors (Lipinski definition) is 1. The first kappa shape index (κ1) is 19.2. The van der Waals surface area contributed by atoms with Crippen LogP contribution in [0.15, 0.2) is 34.4 Å². The van der Waals surface area contributed by atoms with Gasteiger partial charge in [-0.1, -0.05) is 18.2 Å². The van der Waals surface area contributed by atoms with E-state index in [1.165, 1.54) is 11.3 Å². The van der Waals surface area contributed by atoms with Crippen molar-refractivity contribution in [1.29, 1.82) is 5.26 Å². The van der Waals surface area contributed by atoms with Gasteiger partial charge in [0.1, 0.15) is 10.2 Å². The summed E-state index contributed by atoms with van der Waals surface area (Å²) in [5, 5.41) is 13.7. The maximum atomic E-state index is 13.4. The molecule has 2 aromatic heterocycles. The smallest absolute Gasteiger partial charge is 0.273 e. The number of anilines is 1. The van der Waals surface area contributed by atoms with Gasteiger partial charge < -0.3 is 10.2 Å². The van der Waals surface area contributed by atoms with Gasteiger partial charge in [-0.3, -0.25) is 14.2 Å². The highest BCUT2D eigenvalue weighted by atomic mass is 32.1. The number of aromatic nitrogens is 2. The Morgan fingerprint density at radius 1 is 1.28 bits per heavy atom. The largest absolute Gasteiger partial charge is 0.355 e. The first-order valence-corrected chi connectivity index (χ1v) is 10.5. The van der Waals surface area contributed by atoms with Gasteiger partial charge in [0.15, 0.2) is 0 Å². The lowest BCUT2D eigenvalue weighted by Gasteiger charge is -2.29. The molecule has 1 saturated heterocycles. The van der Waals surface area contributed by atoms with Crippen LogP contribution < -0.4 is 15.8 Å². The predicted octanol–water partition coefficient (Wildman–Crippen LogP) is 2.73. The van der Waals surface area contributed by atoms with Gasteiger partial charge in [0, 0.05) is 25.5 Å². The van der Waals surface area contributed by atoms with Crippen LogP contribution in [0.3, 0.4) is 0 Å². The average molecular weight is 407 g/mol. The molecule has 3 aromatic rings. The third-order valence-electron chi connectivity index (χ3n) is 5.23. The van der Waals surface area contributed by atoms with Crippen molar-refractivity contribution in [2.45, 2.75) is 25.8 Å². The van der Waals surface area contributed by atoms with Crippen LogP contribution in [0, 0.1) is 11.3 Å². The van der Waals surface area contributed by atoms with Gasteiger partial charge in [-0.15, -0.1) is 11.3 Å². The van der Waals surface area contributed by atoms with Crippen LogP contribution in [0.5, 0.6) is 0 Å². The summed E-state index contributed by atoms with van der Waals surface area (Å²) in [7, 11) is 1.57. The molecule has 4 rings (SSSR count). The molecule has 7 nitrogen and oxygen atoms in total. The van der Waals surface area contributed by atoms with Crippen molar-refractivity contribution in [2.75, 3.05) is 25.0 Å². The van der Waals surface area contributed by atoms with Crippen molar-refractivity contribution >= 4 is 33.4 Å². The van der Waals surface area contributed by atoms with Crippen LogP contribution in [0.4, 0.5) is 5.95 Å². The Bertz CT molecular complexity index is 1170. The highest BCUT2D eigenvalue weighted by Crippen LogP contribution is 2.26. The zero-order valence-electron chi connectivity index (χ0n) is 16.1. The van der Waals surface area contributed by atoms with Gasteiger partial charge in [-0.2, -0.15) is 5.26 Å². The Hall–Kier alpha value is -3.18. The van der Waals surface area contributed by atoms with Crippen LogP contribution in [0.2, 0.25) is 0 Å². The molecule has 0 bridgehead atoms. The number of rotatable bonds is 4. The summed E-state index contributed by atoms with van der Waals surface area (Å²) in [5.74, 6) is 0.318. The number of thiophene rings is 1. The van der Waals surface area contributed by atoms with E-state index in [2.05, 4.69) is 16.3 Å². The second kappa shape index (κ2) is 8.05. The zero-order chi connectivity index (χ0) is 20.4. The van der Waals surface area contributed by atoms with Crippen LogP contribution >= 0.6 is 11.3 Å². The number of fused-ring (bicyclic) bond motifs is 1. The molecule has 0 spiro atoms. The van der Waals surface area contributed by atoms with Gasteiger partial charge in [-0.25, -0.2) is 4.98 Å². The van der Waals surface area contributed by atoms with Crippen molar-refractivity contribution in [3.63, 3.8) is 0 Å². The Morgan fingerprint density at radius 2 is 2.03 bits per heavy atom. The van der Waals surface area contributed by atoms with Crippen molar-refractivity contribution in [3.8, 4) is 6.07 Å². The summed E-state index contributed by atoms with van der Waals surface area (Å²) in [6.07, 6.45) is 3.23. The maximum Gasteiger partial charge on any atom is 0.273 e. The van der Waals surface area contributed by atoms with Gasteiger partial charge >= 0.3 is 0 Å². The number of nitrogens with zero attached hydrogens (tertiary/aromatic N) is 4. The van der Waals surface area contributed by atoms with E-state index in [1.54, 1.807) is 23.1 Å². The third-order valence-corrected chi connectivity index (χ3v) is 6.19. The summed E-state index contributed by atoms with van der Waals surface area (Å²) >= 11 is 1.23. The molecule has 1 fully saturated rings. The fourth-order valence-electron chi connectivity index (χ4n) is 3.70. The number of amides is 1. The average Bonchev–Trinajstić information content (AvgIpc) is 3.20. The number of carbonyl (C=O) groups excluding carboxylic acids is 1. The quantitative estimate of drug-likeness (QED) is 0.718. The molecule has 0 saturated carbocycles. The fourth-order valence-corrected chi connectivity index (χ4v) is 4.63. The molecule has 1 aromatic carbocycles. The van der Waals surface area contributed by atoms with Crippen LogP contribution in [-0.4, -0.2) is 35.6 Å². The number of nitriles is 1. The monoisotopic (exact) mass is 407 g/mol. The van der Waals surface area contributed by atoms with Crippen LogP contribution in [0.1, 0.15) is 40.7 Å². The van der Waals surface area contributed by atoms with E-state index in [0.717, 1.165) is 37.9 Å². The number of carbonyl (C=O) groups is 1. The predicted molar refractivity (Wildman–Crippen MR) is 114 cm³/mol. The van der Waals surface area contributed by atoms with Gasteiger partial charge in [0.2, 0.25) is 5.95 Å². The minimum atomic E-state index is -0.250. The molecule has 1 N–H and O–H groups in total. The van der Waals surface area contributed by atoms with E-state index in [-0.39, 0.29) is 18.0 Å². The highest BCUT2D eigenvalue weighted by Gasteiger charge is 2.23. The molecule has 8 heteroatoms. The van der Waals surface area contributed by atoms with E-state index in [9.17, 15) is 14.9 Å². The summed E-state index contributed by atoms with van der Waals surface area (Å²) in [5.41, 5.74) is 2.02. The molecule has 1 aliphatic heterocycles. The van der Waals surface area contributed by atoms with E-state index < -0.39 is 0 Å². The summed E-state index contributed by atoms with van der Waals surface area (Å²) in [6, 6.07) is 9.49. The standard InChI is InChI=1S/C21H21N5O2S/c1-23-19(27)16-13-29-18-17(16)24-21(25-9-5-2-6-10-25)26(20(18)28)12-15-8-4-3-7-14(15)11-22/h3-4,7-8,13H,2,5-6,9-10,12H2,1H3,(H,23,27). The van der Waals surface area contributed by atoms with Gasteiger partial charge in [0.25, 0.3) is 11.5 Å². The third kappa shape index (κ3) is 3.49. The maximum absolute atomic E-state index is 13.4. The number of nitrogens with one attached hydrogen (secondary N) is 1. The minimum absolute atomic E-state index is 0.177. The number of piperidine rings is 1. The summed E-state index contributed by atoms with van der Waals surface area (Å²) in [4.78, 5) is 32.6. The topological polar surface area (TPSA) is 91.0 Å². The van der Waals surface area contributed by atoms with Gasteiger partial charge in [-0.05, 0) is 30.9 Å². The molecule has 0 atom stereocenters. The van der Waals surface area contributed by atoms with Crippen LogP contribution in [-0.2, 0) is 6.54 Å². The van der Waals surface area contributed by atoms with Crippen molar-refractivity contribution in [3.05, 3.63) is 56.7 Å². The first-order chi connectivity index (χ1) is 14.1. The SMILES string of the molecule is CNC(=O)c1csc2c(=O)n(Cc3ccccc3C#N)c(N3CCCCC3)nc12. The lowest BCUT2D eigenvalue weighted by atomic mass is 10.1. The fraction of sp³-hybridized carbons (Fsp3) is 0.333. The molecule has 148 valence electrons. The molecule has 1 aliphatic rings. The molecule has 29 heavy (non-hydrogen) atoms. The molecule has 0 aliphatic carbocycles. The Kier molecular flexibility index (Phi) is 5.32. The summed E-state index contributed by atoms with van der Waals surface area (Å²) < 4.78 is 2.10. The molecule has 3 heterocycles. The molecule has 1 amide bonds. The highest BCUT2D eigenvalue weighted by molar-refractivity contribution is 7.17.